The van der Waals surface area contributed by atoms with E-state index < -0.39 is 11.2 Å². The summed E-state index contributed by atoms with van der Waals surface area (Å²) in [5.74, 6) is 1.76. The minimum atomic E-state index is -1.33. The fraction of sp³-hybridized carbons (Fsp3) is 0. The van der Waals surface area contributed by atoms with Crippen molar-refractivity contribution in [3.63, 3.8) is 0 Å². The molecule has 3 aromatic carbocycles. The van der Waals surface area contributed by atoms with Crippen LogP contribution in [0.25, 0.3) is 33.8 Å². The molecular weight excluding hydrogens is 490 g/mol. The van der Waals surface area contributed by atoms with Crippen molar-refractivity contribution in [3.8, 4) is 33.8 Å². The van der Waals surface area contributed by atoms with Gasteiger partial charge in [-0.2, -0.15) is 0 Å². The van der Waals surface area contributed by atoms with Gasteiger partial charge in [0.15, 0.2) is 0 Å². The Morgan fingerprint density at radius 3 is 1.41 bits per heavy atom. The van der Waals surface area contributed by atoms with Crippen LogP contribution in [0.5, 0.6) is 0 Å². The zero-order valence-corrected chi connectivity index (χ0v) is 19.2. The quantitative estimate of drug-likeness (QED) is 0.259. The van der Waals surface area contributed by atoms with E-state index in [1.165, 1.54) is 0 Å². The zero-order valence-electron chi connectivity index (χ0n) is 15.1. The van der Waals surface area contributed by atoms with E-state index in [0.717, 1.165) is 33.8 Å². The number of halogens is 4. The molecule has 29 heavy (non-hydrogen) atoms. The molecule has 0 aliphatic heterocycles. The fourth-order valence-corrected chi connectivity index (χ4v) is 2.84. The van der Waals surface area contributed by atoms with Crippen molar-refractivity contribution >= 4 is 30.3 Å². The van der Waals surface area contributed by atoms with Crippen LogP contribution in [0.3, 0.4) is 0 Å². The molecule has 0 fully saturated rings. The van der Waals surface area contributed by atoms with Gasteiger partial charge in [0.05, 0.1) is 16.7 Å². The Balaban J connectivity index is 0.000000552. The van der Waals surface area contributed by atoms with E-state index in [9.17, 15) is 0 Å². The van der Waals surface area contributed by atoms with Gasteiger partial charge in [-0.15, -0.1) is 0 Å². The molecule has 1 nitrogen and oxygen atoms in total. The van der Waals surface area contributed by atoms with Crippen LogP contribution in [0.15, 0.2) is 108 Å². The van der Waals surface area contributed by atoms with Crippen molar-refractivity contribution in [2.24, 2.45) is 0 Å². The van der Waals surface area contributed by atoms with Gasteiger partial charge >= 0.3 is 53.0 Å². The zero-order chi connectivity index (χ0) is 19.8. The van der Waals surface area contributed by atoms with E-state index in [1.54, 1.807) is 0 Å². The van der Waals surface area contributed by atoms with Crippen LogP contribution < -0.4 is 12.4 Å². The van der Waals surface area contributed by atoms with Gasteiger partial charge in [-0.3, -0.25) is 0 Å². The average molecular weight is 507 g/mol. The predicted octanol–water partition coefficient (Wildman–Crippen LogP) is 5.63. The second-order valence-corrected chi connectivity index (χ2v) is 11.3. The summed E-state index contributed by atoms with van der Waals surface area (Å²) >= 11 is -1.33. The second-order valence-electron chi connectivity index (χ2n) is 5.79. The first-order chi connectivity index (χ1) is 13.6. The van der Waals surface area contributed by atoms with Crippen molar-refractivity contribution in [2.45, 2.75) is 0 Å². The molecule has 0 amide bonds. The predicted molar refractivity (Wildman–Crippen MR) is 117 cm³/mol. The molecule has 4 aromatic rings. The molecule has 0 radical (unpaired) electrons. The van der Waals surface area contributed by atoms with Gasteiger partial charge < -0.3 is 12.4 Å². The van der Waals surface area contributed by atoms with Gasteiger partial charge in [-0.25, -0.2) is 4.42 Å². The molecule has 4 rings (SSSR count). The molecule has 0 aliphatic carbocycles. The summed E-state index contributed by atoms with van der Waals surface area (Å²) in [4.78, 5) is 0. The number of benzene rings is 3. The monoisotopic (exact) mass is 505 g/mol. The summed E-state index contributed by atoms with van der Waals surface area (Å²) in [6.45, 7) is 0. The summed E-state index contributed by atoms with van der Waals surface area (Å²) in [7, 11) is 14.7. The Kier molecular flexibility index (Phi) is 10.0. The second kappa shape index (κ2) is 12.2. The molecule has 1 aromatic heterocycles. The van der Waals surface area contributed by atoms with Crippen LogP contribution in [-0.2, 0) is 11.2 Å². The fourth-order valence-electron chi connectivity index (χ4n) is 2.84. The smallest absolute Gasteiger partial charge is 0.206 e. The maximum atomic E-state index is 6.34. The Bertz CT molecular complexity index is 994. The first-order valence-electron chi connectivity index (χ1n) is 8.45. The van der Waals surface area contributed by atoms with Crippen LogP contribution >= 0.6 is 30.3 Å². The Labute approximate surface area is 194 Å². The van der Waals surface area contributed by atoms with Crippen LogP contribution in [0.1, 0.15) is 0 Å². The molecule has 151 valence electrons. The van der Waals surface area contributed by atoms with E-state index in [-0.39, 0.29) is 12.4 Å². The average Bonchev–Trinajstić information content (AvgIpc) is 2.75. The minimum absolute atomic E-state index is 0. The molecule has 1 heterocycles. The molecule has 0 bridgehead atoms. The van der Waals surface area contributed by atoms with E-state index in [4.69, 9.17) is 34.7 Å². The van der Waals surface area contributed by atoms with Crippen LogP contribution in [-0.4, -0.2) is 0 Å². The van der Waals surface area contributed by atoms with Gasteiger partial charge in [0.2, 0.25) is 0 Å². The maximum Gasteiger partial charge on any atom is 0.368 e. The van der Waals surface area contributed by atoms with Crippen molar-refractivity contribution in [1.29, 1.82) is 0 Å². The molecule has 0 atom stereocenters. The van der Waals surface area contributed by atoms with E-state index in [2.05, 4.69) is 54.6 Å². The van der Waals surface area contributed by atoms with Gasteiger partial charge in [0, 0.05) is 6.07 Å². The Morgan fingerprint density at radius 2 is 0.931 bits per heavy atom. The summed E-state index contributed by atoms with van der Waals surface area (Å²) in [6, 6.07) is 35.0. The number of hydrogen-bond acceptors (Lipinski definition) is 0. The van der Waals surface area contributed by atoms with Crippen molar-refractivity contribution in [2.75, 3.05) is 0 Å². The van der Waals surface area contributed by atoms with E-state index in [1.807, 2.05) is 48.5 Å². The summed E-state index contributed by atoms with van der Waals surface area (Å²) in [5, 5.41) is 0. The standard InChI is InChI=1S/C23H17O.4ClH.Fe/c1-4-10-18(11-5-1)21-16-17-22(19-12-6-2-7-13-19)24-23(21)20-14-8-3-9-15-20;;;;;/h1-17H;4*1H;/q+1;;;;;+3/p-4. The number of rotatable bonds is 3. The molecule has 0 saturated heterocycles. The van der Waals surface area contributed by atoms with Gasteiger partial charge in [-0.05, 0) is 35.9 Å². The first-order valence-corrected chi connectivity index (χ1v) is 13.0. The topological polar surface area (TPSA) is 11.3 Å². The third-order valence-electron chi connectivity index (χ3n) is 4.04. The SMILES string of the molecule is [Cl-].[Cl][Fe]([Cl])[Cl].c1ccc(-c2ccc(-c3ccccc3)c(-c3ccccc3)[o+]2)cc1. The van der Waals surface area contributed by atoms with Crippen LogP contribution in [0, 0.1) is 0 Å². The van der Waals surface area contributed by atoms with Crippen molar-refractivity contribution < 1.29 is 28.0 Å². The minimum Gasteiger partial charge on any atom is -0.206 e. The first kappa shape index (κ1) is 23.8. The van der Waals surface area contributed by atoms with Gasteiger partial charge in [0.1, 0.15) is 0 Å². The van der Waals surface area contributed by atoms with Crippen LogP contribution in [0.2, 0.25) is 0 Å². The molecule has 0 N–H and O–H groups in total. The third kappa shape index (κ3) is 7.04. The van der Waals surface area contributed by atoms with Gasteiger partial charge in [0.25, 0.3) is 0 Å². The molecule has 0 saturated carbocycles. The Morgan fingerprint density at radius 1 is 0.517 bits per heavy atom. The van der Waals surface area contributed by atoms with Crippen molar-refractivity contribution in [3.05, 3.63) is 103 Å². The third-order valence-corrected chi connectivity index (χ3v) is 4.04. The normalized spacial score (nSPS) is 10.2. The van der Waals surface area contributed by atoms with Crippen LogP contribution in [0.4, 0.5) is 0 Å². The molecular formula is C23H17Cl4FeO. The molecule has 0 unspecified atom stereocenters. The molecule has 0 aliphatic rings. The molecule has 6 heteroatoms. The number of hydrogen-bond donors (Lipinski definition) is 0. The van der Waals surface area contributed by atoms with Gasteiger partial charge in [-0.1, -0.05) is 66.7 Å². The maximum absolute atomic E-state index is 6.34. The van der Waals surface area contributed by atoms with E-state index >= 15 is 0 Å². The Hall–Kier alpha value is -1.51. The summed E-state index contributed by atoms with van der Waals surface area (Å²) in [6.07, 6.45) is 0. The van der Waals surface area contributed by atoms with E-state index in [0.29, 0.717) is 0 Å². The largest absolute Gasteiger partial charge is 0.368 e. The van der Waals surface area contributed by atoms with Crippen molar-refractivity contribution in [1.82, 2.24) is 0 Å². The summed E-state index contributed by atoms with van der Waals surface area (Å²) < 4.78 is 6.34. The molecule has 0 spiro atoms. The summed E-state index contributed by atoms with van der Waals surface area (Å²) in [5.41, 5.74) is 4.41.